The molecule has 0 saturated carbocycles. The highest BCUT2D eigenvalue weighted by molar-refractivity contribution is 6.00. The van der Waals surface area contributed by atoms with Crippen LogP contribution in [0.1, 0.15) is 0 Å². The molecule has 0 fully saturated rings. The summed E-state index contributed by atoms with van der Waals surface area (Å²) in [5.74, 6) is -0.401. The molecule has 1 aliphatic heterocycles. The fourth-order valence-electron chi connectivity index (χ4n) is 0.638. The fourth-order valence-corrected chi connectivity index (χ4v) is 0.638. The van der Waals surface area contributed by atoms with E-state index in [2.05, 4.69) is 0 Å². The zero-order valence-corrected chi connectivity index (χ0v) is 5.81. The van der Waals surface area contributed by atoms with Crippen LogP contribution in [0.5, 0.6) is 0 Å². The second-order valence-corrected chi connectivity index (χ2v) is 2.29. The molecule has 6 heteroatoms. The first kappa shape index (κ1) is 7.86. The Morgan fingerprint density at radius 1 is 1.82 bits per heavy atom. The maximum atomic E-state index is 11.0. The summed E-state index contributed by atoms with van der Waals surface area (Å²) in [5.41, 5.74) is 0. The average molecular weight is 157 g/mol. The van der Waals surface area contributed by atoms with Crippen LogP contribution in [0.25, 0.3) is 0 Å². The van der Waals surface area contributed by atoms with Crippen molar-refractivity contribution in [3.8, 4) is 0 Å². The smallest absolute Gasteiger partial charge is 0.453 e. The van der Waals surface area contributed by atoms with Crippen molar-refractivity contribution in [2.24, 2.45) is 0 Å². The van der Waals surface area contributed by atoms with Crippen LogP contribution in [0, 0.1) is 10.6 Å². The normalized spacial score (nSPS) is 31.4. The van der Waals surface area contributed by atoms with E-state index >= 15 is 0 Å². The molecule has 11 heavy (non-hydrogen) atoms. The Hall–Kier alpha value is -1.24. The first-order valence-corrected chi connectivity index (χ1v) is 2.83. The van der Waals surface area contributed by atoms with Crippen LogP contribution in [0.3, 0.4) is 0 Å². The zero-order chi connectivity index (χ0) is 8.65. The first-order valence-electron chi connectivity index (χ1n) is 2.83. The third-order valence-corrected chi connectivity index (χ3v) is 1.31. The van der Waals surface area contributed by atoms with Gasteiger partial charge in [-0.15, -0.1) is 5.06 Å². The van der Waals surface area contributed by atoms with Gasteiger partial charge in [0.25, 0.3) is 0 Å². The van der Waals surface area contributed by atoms with E-state index in [0.29, 0.717) is 0 Å². The van der Waals surface area contributed by atoms with E-state index in [1.165, 1.54) is 0 Å². The molecule has 0 aliphatic carbocycles. The molecule has 0 saturated heterocycles. The van der Waals surface area contributed by atoms with E-state index in [1.807, 2.05) is 0 Å². The summed E-state index contributed by atoms with van der Waals surface area (Å²) >= 11 is 0. The number of amidine groups is 1. The second kappa shape index (κ2) is 2.12. The third kappa shape index (κ3) is 1.14. The van der Waals surface area contributed by atoms with Gasteiger partial charge < -0.3 is 5.21 Å². The lowest BCUT2D eigenvalue weighted by Gasteiger charge is -2.35. The van der Waals surface area contributed by atoms with Crippen LogP contribution in [0.2, 0.25) is 0 Å². The number of rotatable bonds is 0. The molecule has 2 N–H and O–H groups in total. The van der Waals surface area contributed by atoms with Gasteiger partial charge in [-0.25, -0.2) is 4.79 Å². The number of hydrogen-bond acceptors (Lipinski definition) is 4. The minimum Gasteiger partial charge on any atom is -0.619 e. The average Bonchev–Trinajstić information content (AvgIpc) is 1.95. The monoisotopic (exact) mass is 157 g/mol. The quantitative estimate of drug-likeness (QED) is 0.300. The number of carbonyl (C=O) groups is 1. The predicted octanol–water partition coefficient (Wildman–Crippen LogP) is 0.247. The van der Waals surface area contributed by atoms with E-state index in [1.54, 1.807) is 0 Å². The SMILES string of the molecule is C[N+]1([O-])C=CC(=N)N(O)C1=O. The molecule has 0 spiro atoms. The topological polar surface area (TPSA) is 87.4 Å². The Bertz CT molecular complexity index is 245. The Morgan fingerprint density at radius 3 is 2.82 bits per heavy atom. The van der Waals surface area contributed by atoms with E-state index in [9.17, 15) is 10.0 Å². The van der Waals surface area contributed by atoms with E-state index in [-0.39, 0.29) is 5.06 Å². The molecule has 0 aromatic carbocycles. The number of carbonyl (C=O) groups excluding carboxylic acids is 1. The molecular formula is C5H7N3O3. The summed E-state index contributed by atoms with van der Waals surface area (Å²) in [7, 11) is 1.06. The zero-order valence-electron chi connectivity index (χ0n) is 5.81. The molecule has 1 atom stereocenters. The maximum absolute atomic E-state index is 11.0. The molecule has 1 rings (SSSR count). The minimum absolute atomic E-state index is 0.0208. The number of urea groups is 1. The van der Waals surface area contributed by atoms with Crippen LogP contribution in [-0.2, 0) is 0 Å². The van der Waals surface area contributed by atoms with Crippen LogP contribution in [0.15, 0.2) is 12.3 Å². The van der Waals surface area contributed by atoms with Crippen molar-refractivity contribution in [2.45, 2.75) is 0 Å². The summed E-state index contributed by atoms with van der Waals surface area (Å²) in [6, 6.07) is -1.09. The Kier molecular flexibility index (Phi) is 1.52. The fraction of sp³-hybridized carbons (Fsp3) is 0.200. The van der Waals surface area contributed by atoms with Gasteiger partial charge in [0.2, 0.25) is 0 Å². The third-order valence-electron chi connectivity index (χ3n) is 1.31. The molecule has 2 amide bonds. The van der Waals surface area contributed by atoms with Crippen molar-refractivity contribution in [1.29, 1.82) is 5.41 Å². The summed E-state index contributed by atoms with van der Waals surface area (Å²) in [5, 5.41) is 26.7. The number of amides is 2. The summed E-state index contributed by atoms with van der Waals surface area (Å²) in [6.07, 6.45) is 2.05. The van der Waals surface area contributed by atoms with Crippen LogP contribution < -0.4 is 0 Å². The van der Waals surface area contributed by atoms with Crippen LogP contribution in [-0.4, -0.2) is 33.8 Å². The molecule has 1 unspecified atom stereocenters. The molecule has 0 radical (unpaired) electrons. The maximum Gasteiger partial charge on any atom is 0.453 e. The van der Waals surface area contributed by atoms with Crippen molar-refractivity contribution >= 4 is 11.9 Å². The van der Waals surface area contributed by atoms with Gasteiger partial charge in [0.1, 0.15) is 6.20 Å². The Morgan fingerprint density at radius 2 is 2.36 bits per heavy atom. The lowest BCUT2D eigenvalue weighted by molar-refractivity contribution is -0.727. The number of nitrogens with zero attached hydrogens (tertiary/aromatic N) is 2. The van der Waals surface area contributed by atoms with Crippen molar-refractivity contribution in [3.63, 3.8) is 0 Å². The number of nitrogens with one attached hydrogen (secondary N) is 1. The van der Waals surface area contributed by atoms with E-state index in [0.717, 1.165) is 19.3 Å². The van der Waals surface area contributed by atoms with Gasteiger partial charge in [-0.05, 0) is 0 Å². The molecule has 0 aromatic heterocycles. The molecule has 1 aliphatic rings. The molecule has 0 aromatic rings. The van der Waals surface area contributed by atoms with Crippen LogP contribution >= 0.6 is 0 Å². The van der Waals surface area contributed by atoms with Gasteiger partial charge in [-0.2, -0.15) is 0 Å². The van der Waals surface area contributed by atoms with Crippen molar-refractivity contribution < 1.29 is 14.6 Å². The first-order chi connectivity index (χ1) is 4.95. The standard InChI is InChI=1S/C5H7N3O3/c1-8(11)3-2-4(6)7(10)5(8)9/h2-3,6,10H,1H3. The van der Waals surface area contributed by atoms with E-state index < -0.39 is 16.5 Å². The summed E-state index contributed by atoms with van der Waals surface area (Å²) < 4.78 is -1.32. The van der Waals surface area contributed by atoms with Crippen molar-refractivity contribution in [1.82, 2.24) is 5.06 Å². The summed E-state index contributed by atoms with van der Waals surface area (Å²) in [4.78, 5) is 10.8. The number of hydroxylamine groups is 5. The highest BCUT2D eigenvalue weighted by atomic mass is 16.6. The number of quaternary nitrogens is 1. The molecule has 0 bridgehead atoms. The van der Waals surface area contributed by atoms with Gasteiger partial charge in [-0.1, -0.05) is 0 Å². The highest BCUT2D eigenvalue weighted by Crippen LogP contribution is 2.11. The van der Waals surface area contributed by atoms with Gasteiger partial charge in [0, 0.05) is 6.08 Å². The van der Waals surface area contributed by atoms with Gasteiger partial charge in [0.05, 0.1) is 7.05 Å². The molecule has 1 heterocycles. The van der Waals surface area contributed by atoms with Gasteiger partial charge in [0.15, 0.2) is 5.84 Å². The molecule has 6 nitrogen and oxygen atoms in total. The molecule has 60 valence electrons. The van der Waals surface area contributed by atoms with Crippen molar-refractivity contribution in [2.75, 3.05) is 7.05 Å². The van der Waals surface area contributed by atoms with Crippen LogP contribution in [0.4, 0.5) is 4.79 Å². The van der Waals surface area contributed by atoms with Crippen molar-refractivity contribution in [3.05, 3.63) is 17.5 Å². The number of hydrogen-bond donors (Lipinski definition) is 2. The Balaban J connectivity index is 3.04. The largest absolute Gasteiger partial charge is 0.619 e. The lowest BCUT2D eigenvalue weighted by Crippen LogP contribution is -2.51. The minimum atomic E-state index is -1.32. The lowest BCUT2D eigenvalue weighted by atomic mass is 10.4. The van der Waals surface area contributed by atoms with Gasteiger partial charge in [-0.3, -0.25) is 15.3 Å². The molecular weight excluding hydrogens is 150 g/mol. The van der Waals surface area contributed by atoms with Gasteiger partial charge >= 0.3 is 6.03 Å². The highest BCUT2D eigenvalue weighted by Gasteiger charge is 2.32. The summed E-state index contributed by atoms with van der Waals surface area (Å²) in [6.45, 7) is 0. The van der Waals surface area contributed by atoms with E-state index in [4.69, 9.17) is 10.6 Å². The predicted molar refractivity (Wildman–Crippen MR) is 35.4 cm³/mol. The Labute approximate surface area is 62.6 Å². The second-order valence-electron chi connectivity index (χ2n) is 2.29.